The highest BCUT2D eigenvalue weighted by Gasteiger charge is 2.33. The third-order valence-corrected chi connectivity index (χ3v) is 2.69. The van der Waals surface area contributed by atoms with Crippen molar-refractivity contribution in [3.63, 3.8) is 0 Å². The molecule has 2 rings (SSSR count). The molecule has 0 amide bonds. The Bertz CT molecular complexity index is 479. The van der Waals surface area contributed by atoms with Gasteiger partial charge in [0, 0.05) is 6.04 Å². The Morgan fingerprint density at radius 2 is 2.44 bits per heavy atom. The van der Waals surface area contributed by atoms with Gasteiger partial charge in [0.05, 0.1) is 18.4 Å². The zero-order valence-corrected chi connectivity index (χ0v) is 10.2. The summed E-state index contributed by atoms with van der Waals surface area (Å²) in [5.41, 5.74) is 0.432. The summed E-state index contributed by atoms with van der Waals surface area (Å²) in [4.78, 5) is 13.4. The molecule has 0 bridgehead atoms. The maximum atomic E-state index is 11.6. The lowest BCUT2D eigenvalue weighted by Crippen LogP contribution is -2.34. The van der Waals surface area contributed by atoms with Gasteiger partial charge < -0.3 is 9.64 Å². The second-order valence-corrected chi connectivity index (χ2v) is 4.04. The zero-order valence-electron chi connectivity index (χ0n) is 10.2. The molecular weight excluding hydrogens is 232 g/mol. The number of rotatable bonds is 5. The van der Waals surface area contributed by atoms with E-state index >= 15 is 0 Å². The molecule has 1 aliphatic carbocycles. The zero-order chi connectivity index (χ0) is 13.0. The molecule has 18 heavy (non-hydrogen) atoms. The van der Waals surface area contributed by atoms with Crippen molar-refractivity contribution in [3.8, 4) is 6.07 Å². The number of carbonyl (C=O) groups is 1. The van der Waals surface area contributed by atoms with Crippen molar-refractivity contribution in [1.82, 2.24) is 10.2 Å². The molecule has 0 saturated heterocycles. The average molecular weight is 246 g/mol. The van der Waals surface area contributed by atoms with Crippen molar-refractivity contribution in [3.05, 3.63) is 17.8 Å². The first-order valence-electron chi connectivity index (χ1n) is 5.90. The molecule has 6 nitrogen and oxygen atoms in total. The van der Waals surface area contributed by atoms with Gasteiger partial charge in [0.15, 0.2) is 5.82 Å². The molecule has 0 radical (unpaired) electrons. The molecule has 0 spiro atoms. The van der Waals surface area contributed by atoms with E-state index in [0.29, 0.717) is 18.0 Å². The van der Waals surface area contributed by atoms with Crippen molar-refractivity contribution in [2.24, 2.45) is 0 Å². The lowest BCUT2D eigenvalue weighted by Gasteiger charge is -2.22. The Morgan fingerprint density at radius 3 is 3.06 bits per heavy atom. The van der Waals surface area contributed by atoms with Crippen molar-refractivity contribution < 1.29 is 9.53 Å². The van der Waals surface area contributed by atoms with Crippen LogP contribution in [0.3, 0.4) is 0 Å². The van der Waals surface area contributed by atoms with Gasteiger partial charge in [-0.1, -0.05) is 0 Å². The molecule has 0 aromatic carbocycles. The van der Waals surface area contributed by atoms with Crippen LogP contribution in [0, 0.1) is 11.3 Å². The fourth-order valence-electron chi connectivity index (χ4n) is 1.73. The molecular formula is C12H14N4O2. The van der Waals surface area contributed by atoms with Crippen LogP contribution in [0.15, 0.2) is 12.3 Å². The molecule has 0 N–H and O–H groups in total. The van der Waals surface area contributed by atoms with Crippen LogP contribution in [-0.4, -0.2) is 35.4 Å². The number of anilines is 1. The molecule has 94 valence electrons. The lowest BCUT2D eigenvalue weighted by molar-refractivity contribution is -0.141. The Labute approximate surface area is 105 Å². The topological polar surface area (TPSA) is 79.1 Å². The van der Waals surface area contributed by atoms with Crippen molar-refractivity contribution in [1.29, 1.82) is 5.26 Å². The van der Waals surface area contributed by atoms with Crippen LogP contribution in [0.25, 0.3) is 0 Å². The smallest absolute Gasteiger partial charge is 0.325 e. The summed E-state index contributed by atoms with van der Waals surface area (Å²) < 4.78 is 4.93. The molecule has 0 atom stereocenters. The summed E-state index contributed by atoms with van der Waals surface area (Å²) in [5.74, 6) is 0.162. The Kier molecular flexibility index (Phi) is 3.72. The summed E-state index contributed by atoms with van der Waals surface area (Å²) in [6.07, 6.45) is 3.47. The predicted octanol–water partition coefficient (Wildman–Crippen LogP) is 0.880. The van der Waals surface area contributed by atoms with Gasteiger partial charge in [-0.25, -0.2) is 0 Å². The summed E-state index contributed by atoms with van der Waals surface area (Å²) in [5, 5.41) is 16.8. The number of aromatic nitrogens is 2. The number of carbonyl (C=O) groups excluding carboxylic acids is 1. The SMILES string of the molecule is CCOC(=O)CN(c1nnccc1C#N)C1CC1. The second-order valence-electron chi connectivity index (χ2n) is 4.04. The van der Waals surface area contributed by atoms with E-state index in [1.807, 2.05) is 4.90 Å². The van der Waals surface area contributed by atoms with Crippen LogP contribution in [0.1, 0.15) is 25.3 Å². The third kappa shape index (κ3) is 2.74. The molecule has 0 unspecified atom stereocenters. The fourth-order valence-corrected chi connectivity index (χ4v) is 1.73. The summed E-state index contributed by atoms with van der Waals surface area (Å²) >= 11 is 0. The molecule has 6 heteroatoms. The van der Waals surface area contributed by atoms with Crippen LogP contribution >= 0.6 is 0 Å². The highest BCUT2D eigenvalue weighted by atomic mass is 16.5. The normalized spacial score (nSPS) is 13.8. The third-order valence-electron chi connectivity index (χ3n) is 2.69. The van der Waals surface area contributed by atoms with E-state index in [2.05, 4.69) is 16.3 Å². The largest absolute Gasteiger partial charge is 0.465 e. The van der Waals surface area contributed by atoms with Crippen LogP contribution in [0.4, 0.5) is 5.82 Å². The Balaban J connectivity index is 2.19. The number of nitrogens with zero attached hydrogens (tertiary/aromatic N) is 4. The van der Waals surface area contributed by atoms with E-state index in [4.69, 9.17) is 10.00 Å². The maximum Gasteiger partial charge on any atom is 0.325 e. The molecule has 0 aliphatic heterocycles. The van der Waals surface area contributed by atoms with Crippen LogP contribution in [0.2, 0.25) is 0 Å². The van der Waals surface area contributed by atoms with E-state index in [1.165, 1.54) is 6.20 Å². The summed E-state index contributed by atoms with van der Waals surface area (Å²) in [6.45, 7) is 2.23. The number of ether oxygens (including phenoxy) is 1. The predicted molar refractivity (Wildman–Crippen MR) is 63.7 cm³/mol. The van der Waals surface area contributed by atoms with Gasteiger partial charge in [-0.05, 0) is 25.8 Å². The average Bonchev–Trinajstić information content (AvgIpc) is 3.20. The van der Waals surface area contributed by atoms with Crippen LogP contribution in [0.5, 0.6) is 0 Å². The molecule has 1 aromatic heterocycles. The monoisotopic (exact) mass is 246 g/mol. The molecule has 1 aliphatic rings. The molecule has 1 aromatic rings. The van der Waals surface area contributed by atoms with E-state index < -0.39 is 0 Å². The molecule has 1 fully saturated rings. The first-order chi connectivity index (χ1) is 8.76. The van der Waals surface area contributed by atoms with Gasteiger partial charge in [0.1, 0.15) is 12.6 Å². The fraction of sp³-hybridized carbons (Fsp3) is 0.500. The van der Waals surface area contributed by atoms with E-state index in [0.717, 1.165) is 12.8 Å². The minimum Gasteiger partial charge on any atom is -0.465 e. The second kappa shape index (κ2) is 5.45. The Hall–Kier alpha value is -2.16. The number of hydrogen-bond donors (Lipinski definition) is 0. The minimum absolute atomic E-state index is 0.117. The quantitative estimate of drug-likeness (QED) is 0.717. The molecule has 1 heterocycles. The van der Waals surface area contributed by atoms with Crippen molar-refractivity contribution >= 4 is 11.8 Å². The highest BCUT2D eigenvalue weighted by molar-refractivity contribution is 5.76. The maximum absolute atomic E-state index is 11.6. The standard InChI is InChI=1S/C12H14N4O2/c1-2-18-11(17)8-16(10-3-4-10)12-9(7-13)5-6-14-15-12/h5-6,10H,2-4,8H2,1H3. The van der Waals surface area contributed by atoms with E-state index in [9.17, 15) is 4.79 Å². The van der Waals surface area contributed by atoms with Crippen molar-refractivity contribution in [2.75, 3.05) is 18.1 Å². The van der Waals surface area contributed by atoms with Gasteiger partial charge in [-0.15, -0.1) is 5.10 Å². The first kappa shape index (κ1) is 12.3. The number of nitriles is 1. The first-order valence-corrected chi connectivity index (χ1v) is 5.90. The van der Waals surface area contributed by atoms with Crippen LogP contribution in [-0.2, 0) is 9.53 Å². The van der Waals surface area contributed by atoms with E-state index in [-0.39, 0.29) is 18.6 Å². The van der Waals surface area contributed by atoms with Crippen LogP contribution < -0.4 is 4.90 Å². The lowest BCUT2D eigenvalue weighted by atomic mass is 10.3. The van der Waals surface area contributed by atoms with E-state index in [1.54, 1.807) is 13.0 Å². The van der Waals surface area contributed by atoms with Crippen molar-refractivity contribution in [2.45, 2.75) is 25.8 Å². The molecule has 1 saturated carbocycles. The van der Waals surface area contributed by atoms with Gasteiger partial charge in [0.2, 0.25) is 0 Å². The highest BCUT2D eigenvalue weighted by Crippen LogP contribution is 2.31. The minimum atomic E-state index is -0.307. The van der Waals surface area contributed by atoms with Gasteiger partial charge in [-0.3, -0.25) is 4.79 Å². The summed E-state index contributed by atoms with van der Waals surface area (Å²) in [6, 6.07) is 3.93. The van der Waals surface area contributed by atoms with Gasteiger partial charge >= 0.3 is 5.97 Å². The number of hydrogen-bond acceptors (Lipinski definition) is 6. The summed E-state index contributed by atoms with van der Waals surface area (Å²) in [7, 11) is 0. The van der Waals surface area contributed by atoms with Gasteiger partial charge in [0.25, 0.3) is 0 Å². The Morgan fingerprint density at radius 1 is 1.67 bits per heavy atom. The number of esters is 1. The van der Waals surface area contributed by atoms with Gasteiger partial charge in [-0.2, -0.15) is 10.4 Å².